The molecule has 0 unspecified atom stereocenters. The predicted molar refractivity (Wildman–Crippen MR) is 158 cm³/mol. The highest BCUT2D eigenvalue weighted by Crippen LogP contribution is 2.41. The molecule has 206 valence electrons. The van der Waals surface area contributed by atoms with Crippen molar-refractivity contribution in [1.82, 2.24) is 9.97 Å². The molecule has 4 aromatic rings. The normalized spacial score (nSPS) is 11.7. The summed E-state index contributed by atoms with van der Waals surface area (Å²) in [7, 11) is 1.36. The maximum absolute atomic E-state index is 12.0. The third-order valence-electron chi connectivity index (χ3n) is 6.80. The van der Waals surface area contributed by atoms with Crippen LogP contribution < -0.4 is 4.74 Å². The Morgan fingerprint density at radius 3 is 1.52 bits per heavy atom. The number of pyridine rings is 2. The molecule has 0 amide bonds. The first-order valence-electron chi connectivity index (χ1n) is 13.3. The molecule has 0 saturated heterocycles. The van der Waals surface area contributed by atoms with Crippen molar-refractivity contribution in [2.45, 2.75) is 59.3 Å². The Kier molecular flexibility index (Phi) is 7.92. The molecular weight excluding hydrogens is 500 g/mol. The number of hydrogen-bond donors (Lipinski definition) is 0. The van der Waals surface area contributed by atoms with Crippen molar-refractivity contribution >= 4 is 11.9 Å². The number of aromatic nitrogens is 2. The van der Waals surface area contributed by atoms with E-state index >= 15 is 0 Å². The number of hydrogen-bond acceptors (Lipinski definition) is 6. The van der Waals surface area contributed by atoms with Crippen LogP contribution in [0.15, 0.2) is 73.1 Å². The number of methoxy groups -OCH3 is 1. The van der Waals surface area contributed by atoms with E-state index in [9.17, 15) is 9.59 Å². The molecule has 0 radical (unpaired) electrons. The molecule has 0 fully saturated rings. The summed E-state index contributed by atoms with van der Waals surface area (Å²) in [6.07, 6.45) is 3.12. The van der Waals surface area contributed by atoms with E-state index < -0.39 is 5.97 Å². The largest absolute Gasteiger partial charge is 0.465 e. The summed E-state index contributed by atoms with van der Waals surface area (Å²) >= 11 is 0. The van der Waals surface area contributed by atoms with Crippen LogP contribution in [-0.2, 0) is 20.4 Å². The molecule has 0 N–H and O–H groups in total. The summed E-state index contributed by atoms with van der Waals surface area (Å²) in [6.45, 7) is 14.4. The van der Waals surface area contributed by atoms with Crippen molar-refractivity contribution in [3.05, 3.63) is 89.7 Å². The molecular formula is C34H36N2O4. The number of carbonyl (C=O) groups excluding carboxylic acids is 2. The topological polar surface area (TPSA) is 78.4 Å². The molecule has 0 saturated carbocycles. The molecule has 2 heterocycles. The maximum atomic E-state index is 12.0. The van der Waals surface area contributed by atoms with Crippen molar-refractivity contribution in [3.8, 4) is 39.4 Å². The van der Waals surface area contributed by atoms with Gasteiger partial charge >= 0.3 is 11.9 Å². The van der Waals surface area contributed by atoms with Crippen LogP contribution in [0.25, 0.3) is 33.6 Å². The molecule has 0 atom stereocenters. The van der Waals surface area contributed by atoms with Crippen LogP contribution in [0.3, 0.4) is 0 Å². The smallest absolute Gasteiger partial charge is 0.339 e. The van der Waals surface area contributed by atoms with E-state index in [0.29, 0.717) is 11.3 Å². The van der Waals surface area contributed by atoms with E-state index in [2.05, 4.69) is 87.9 Å². The van der Waals surface area contributed by atoms with Crippen LogP contribution >= 0.6 is 0 Å². The second-order valence-electron chi connectivity index (χ2n) is 11.9. The van der Waals surface area contributed by atoms with Gasteiger partial charge in [0, 0.05) is 24.2 Å². The lowest BCUT2D eigenvalue weighted by Crippen LogP contribution is -2.12. The van der Waals surface area contributed by atoms with Gasteiger partial charge in [-0.2, -0.15) is 0 Å². The lowest BCUT2D eigenvalue weighted by molar-refractivity contribution is -0.131. The minimum Gasteiger partial charge on any atom is -0.465 e. The zero-order chi connectivity index (χ0) is 29.2. The fourth-order valence-corrected chi connectivity index (χ4v) is 4.47. The lowest BCUT2D eigenvalue weighted by atomic mass is 9.81. The Bertz CT molecular complexity index is 1540. The van der Waals surface area contributed by atoms with Gasteiger partial charge in [0.05, 0.1) is 30.3 Å². The number of ether oxygens (including phenoxy) is 2. The molecule has 0 spiro atoms. The molecule has 6 nitrogen and oxygen atoms in total. The van der Waals surface area contributed by atoms with Crippen molar-refractivity contribution in [1.29, 1.82) is 0 Å². The molecule has 4 rings (SSSR count). The second kappa shape index (κ2) is 11.0. The average molecular weight is 537 g/mol. The summed E-state index contributed by atoms with van der Waals surface area (Å²) in [5.41, 5.74) is 7.99. The van der Waals surface area contributed by atoms with E-state index in [0.717, 1.165) is 33.6 Å². The summed E-state index contributed by atoms with van der Waals surface area (Å²) in [5.74, 6) is -0.416. The van der Waals surface area contributed by atoms with Gasteiger partial charge in [0.25, 0.3) is 0 Å². The molecule has 6 heteroatoms. The molecule has 0 aliphatic carbocycles. The molecule has 0 aliphatic heterocycles. The Hall–Kier alpha value is -4.32. The van der Waals surface area contributed by atoms with Gasteiger partial charge in [-0.1, -0.05) is 65.8 Å². The van der Waals surface area contributed by atoms with Crippen LogP contribution in [0.5, 0.6) is 5.75 Å². The maximum Gasteiger partial charge on any atom is 0.339 e. The molecule has 40 heavy (non-hydrogen) atoms. The summed E-state index contributed by atoms with van der Waals surface area (Å²) in [6, 6.07) is 20.1. The zero-order valence-electron chi connectivity index (χ0n) is 24.5. The van der Waals surface area contributed by atoms with Crippen LogP contribution in [0.4, 0.5) is 0 Å². The number of rotatable bonds is 5. The number of benzene rings is 2. The van der Waals surface area contributed by atoms with Crippen LogP contribution in [0.1, 0.15) is 70.0 Å². The van der Waals surface area contributed by atoms with Crippen molar-refractivity contribution in [2.75, 3.05) is 7.11 Å². The molecule has 2 aromatic carbocycles. The molecule has 2 aromatic heterocycles. The first-order valence-corrected chi connectivity index (χ1v) is 13.3. The highest BCUT2D eigenvalue weighted by Gasteiger charge is 2.22. The SMILES string of the molecule is COC(=O)c1ccc(-c2cc(C(C)(C)C)ccc2-c2ccc(C(C)(C)C)cc2-c2ccc(OC(C)=O)cn2)nc1. The van der Waals surface area contributed by atoms with Crippen molar-refractivity contribution in [3.63, 3.8) is 0 Å². The van der Waals surface area contributed by atoms with Gasteiger partial charge in [0.15, 0.2) is 0 Å². The summed E-state index contributed by atoms with van der Waals surface area (Å²) < 4.78 is 10.1. The standard InChI is InChI=1S/C34H36N2O4/c1-21(37)40-25-12-16-31(36-20-25)29-18-24(34(5,6)7)11-14-27(29)26-13-10-23(33(2,3)4)17-28(26)30-15-9-22(19-35-30)32(38)39-8/h9-20H,1-8H3. The van der Waals surface area contributed by atoms with Gasteiger partial charge in [-0.15, -0.1) is 0 Å². The second-order valence-corrected chi connectivity index (χ2v) is 11.9. The Labute approximate surface area is 236 Å². The summed E-state index contributed by atoms with van der Waals surface area (Å²) in [4.78, 5) is 32.8. The Morgan fingerprint density at radius 1 is 0.650 bits per heavy atom. The van der Waals surface area contributed by atoms with Gasteiger partial charge in [0.2, 0.25) is 0 Å². The third-order valence-corrected chi connectivity index (χ3v) is 6.80. The highest BCUT2D eigenvalue weighted by atomic mass is 16.5. The van der Waals surface area contributed by atoms with Gasteiger partial charge in [0.1, 0.15) is 5.75 Å². The van der Waals surface area contributed by atoms with E-state index in [4.69, 9.17) is 9.47 Å². The van der Waals surface area contributed by atoms with Gasteiger partial charge < -0.3 is 9.47 Å². The number of carbonyl (C=O) groups is 2. The number of esters is 2. The zero-order valence-corrected chi connectivity index (χ0v) is 24.5. The van der Waals surface area contributed by atoms with E-state index in [1.54, 1.807) is 24.5 Å². The molecule has 0 bridgehead atoms. The van der Waals surface area contributed by atoms with E-state index in [-0.39, 0.29) is 16.8 Å². The first-order chi connectivity index (χ1) is 18.8. The quantitative estimate of drug-likeness (QED) is 0.242. The minimum absolute atomic E-state index is 0.0742. The molecule has 0 aliphatic rings. The lowest BCUT2D eigenvalue weighted by Gasteiger charge is -2.24. The van der Waals surface area contributed by atoms with Crippen molar-refractivity contribution < 1.29 is 19.1 Å². The van der Waals surface area contributed by atoms with E-state index in [1.165, 1.54) is 25.2 Å². The highest BCUT2D eigenvalue weighted by molar-refractivity contribution is 5.92. The summed E-state index contributed by atoms with van der Waals surface area (Å²) in [5, 5.41) is 0. The fourth-order valence-electron chi connectivity index (χ4n) is 4.47. The monoisotopic (exact) mass is 536 g/mol. The van der Waals surface area contributed by atoms with Gasteiger partial charge in [-0.3, -0.25) is 14.8 Å². The van der Waals surface area contributed by atoms with E-state index in [1.807, 2.05) is 12.1 Å². The Balaban J connectivity index is 1.95. The van der Waals surface area contributed by atoms with Gasteiger partial charge in [-0.25, -0.2) is 4.79 Å². The fraction of sp³-hybridized carbons (Fsp3) is 0.294. The predicted octanol–water partition coefficient (Wildman–Crippen LogP) is 7.78. The third kappa shape index (κ3) is 6.28. The van der Waals surface area contributed by atoms with Crippen molar-refractivity contribution in [2.24, 2.45) is 0 Å². The average Bonchev–Trinajstić information content (AvgIpc) is 2.91. The van der Waals surface area contributed by atoms with Gasteiger partial charge in [-0.05, 0) is 69.5 Å². The minimum atomic E-state index is -0.425. The van der Waals surface area contributed by atoms with Crippen LogP contribution in [0.2, 0.25) is 0 Å². The first kappa shape index (κ1) is 28.7. The number of nitrogens with zero attached hydrogens (tertiary/aromatic N) is 2. The Morgan fingerprint density at radius 2 is 1.15 bits per heavy atom. The van der Waals surface area contributed by atoms with Crippen LogP contribution in [0, 0.1) is 0 Å². The van der Waals surface area contributed by atoms with Crippen LogP contribution in [-0.4, -0.2) is 29.0 Å².